The third-order valence-electron chi connectivity index (χ3n) is 4.71. The first-order chi connectivity index (χ1) is 15.6. The first-order valence-corrected chi connectivity index (χ1v) is 10.8. The zero-order chi connectivity index (χ0) is 22.0. The van der Waals surface area contributed by atoms with Crippen LogP contribution >= 0.6 is 0 Å². The molecule has 0 saturated heterocycles. The van der Waals surface area contributed by atoms with E-state index in [9.17, 15) is 8.42 Å². The molecule has 0 atom stereocenters. The fourth-order valence-corrected chi connectivity index (χ4v) is 5.00. The Morgan fingerprint density at radius 3 is 1.53 bits per heavy atom. The molecule has 0 radical (unpaired) electrons. The summed E-state index contributed by atoms with van der Waals surface area (Å²) < 4.78 is 38.7. The van der Waals surface area contributed by atoms with Crippen LogP contribution in [0.1, 0.15) is 0 Å². The minimum atomic E-state index is -3.26. The Hall–Kier alpha value is -4.31. The van der Waals surface area contributed by atoms with Gasteiger partial charge in [-0.1, -0.05) is 36.4 Å². The van der Waals surface area contributed by atoms with Crippen molar-refractivity contribution in [3.8, 4) is 11.1 Å². The lowest BCUT2D eigenvalue weighted by Crippen LogP contribution is -1.95. The Morgan fingerprint density at radius 1 is 0.625 bits per heavy atom. The van der Waals surface area contributed by atoms with Gasteiger partial charge in [-0.15, -0.1) is 10.2 Å². The molecule has 0 fully saturated rings. The fraction of sp³-hybridized carbons (Fsp3) is 0. The van der Waals surface area contributed by atoms with E-state index in [1.54, 1.807) is 36.4 Å². The SMILES string of the molecule is O=S1(=O)c2ccccc2-c2ccccc21.c1nc2cc3ocnc3cc2o1.c1nnco1. The van der Waals surface area contributed by atoms with Gasteiger partial charge < -0.3 is 13.3 Å². The number of rotatable bonds is 0. The molecular formula is C22H14N4O5S. The number of benzene rings is 3. The molecule has 0 bridgehead atoms. The van der Waals surface area contributed by atoms with Crippen LogP contribution in [0.3, 0.4) is 0 Å². The summed E-state index contributed by atoms with van der Waals surface area (Å²) in [5, 5.41) is 6.61. The highest BCUT2D eigenvalue weighted by Gasteiger charge is 2.31. The Balaban J connectivity index is 0.000000113. The maximum Gasteiger partial charge on any atom is 0.207 e. The van der Waals surface area contributed by atoms with Crippen molar-refractivity contribution in [2.75, 3.05) is 0 Å². The third-order valence-corrected chi connectivity index (χ3v) is 6.58. The Kier molecular flexibility index (Phi) is 4.96. The lowest BCUT2D eigenvalue weighted by Gasteiger charge is -1.95. The minimum absolute atomic E-state index is 0.422. The zero-order valence-electron chi connectivity index (χ0n) is 16.3. The van der Waals surface area contributed by atoms with Gasteiger partial charge in [0.2, 0.25) is 22.6 Å². The van der Waals surface area contributed by atoms with Gasteiger partial charge >= 0.3 is 0 Å². The summed E-state index contributed by atoms with van der Waals surface area (Å²) >= 11 is 0. The normalized spacial score (nSPS) is 12.9. The van der Waals surface area contributed by atoms with E-state index >= 15 is 0 Å². The highest BCUT2D eigenvalue weighted by atomic mass is 32.2. The summed E-state index contributed by atoms with van der Waals surface area (Å²) in [6.07, 6.45) is 5.34. The molecule has 4 heterocycles. The van der Waals surface area contributed by atoms with Gasteiger partial charge in [-0.3, -0.25) is 0 Å². The van der Waals surface area contributed by atoms with Crippen LogP contribution in [-0.4, -0.2) is 28.6 Å². The molecule has 158 valence electrons. The Labute approximate surface area is 181 Å². The van der Waals surface area contributed by atoms with Crippen molar-refractivity contribution in [1.29, 1.82) is 0 Å². The van der Waals surface area contributed by atoms with Gasteiger partial charge in [0, 0.05) is 23.3 Å². The second kappa shape index (κ2) is 8.08. The second-order valence-corrected chi connectivity index (χ2v) is 8.45. The van der Waals surface area contributed by atoms with Gasteiger partial charge in [-0.25, -0.2) is 18.4 Å². The molecule has 0 amide bonds. The topological polar surface area (TPSA) is 125 Å². The van der Waals surface area contributed by atoms with Crippen LogP contribution in [0.25, 0.3) is 33.3 Å². The summed E-state index contributed by atoms with van der Waals surface area (Å²) in [6.45, 7) is 0. The molecule has 0 saturated carbocycles. The molecule has 0 unspecified atom stereocenters. The molecule has 9 nitrogen and oxygen atoms in total. The summed E-state index contributed by atoms with van der Waals surface area (Å²) in [6, 6.07) is 17.8. The van der Waals surface area contributed by atoms with E-state index in [1.807, 2.05) is 24.3 Å². The second-order valence-electron chi connectivity index (χ2n) is 6.57. The summed E-state index contributed by atoms with van der Waals surface area (Å²) in [4.78, 5) is 8.83. The number of sulfone groups is 1. The van der Waals surface area contributed by atoms with E-state index in [0.717, 1.165) is 33.3 Å². The van der Waals surface area contributed by atoms with Crippen molar-refractivity contribution >= 4 is 32.0 Å². The van der Waals surface area contributed by atoms with Crippen LogP contribution in [0.4, 0.5) is 0 Å². The summed E-state index contributed by atoms with van der Waals surface area (Å²) in [5.74, 6) is 0. The number of aromatic nitrogens is 4. The highest BCUT2D eigenvalue weighted by molar-refractivity contribution is 7.92. The number of nitrogens with zero attached hydrogens (tertiary/aromatic N) is 4. The van der Waals surface area contributed by atoms with Crippen LogP contribution in [0.2, 0.25) is 0 Å². The van der Waals surface area contributed by atoms with Gasteiger partial charge in [-0.05, 0) is 12.1 Å². The van der Waals surface area contributed by atoms with Crippen LogP contribution < -0.4 is 0 Å². The van der Waals surface area contributed by atoms with Crippen molar-refractivity contribution in [3.63, 3.8) is 0 Å². The van der Waals surface area contributed by atoms with Gasteiger partial charge in [0.15, 0.2) is 24.0 Å². The summed E-state index contributed by atoms with van der Waals surface area (Å²) in [7, 11) is -3.26. The molecule has 6 aromatic rings. The predicted molar refractivity (Wildman–Crippen MR) is 113 cm³/mol. The average Bonchev–Trinajstić information content (AvgIpc) is 3.62. The smallest absolute Gasteiger partial charge is 0.207 e. The quantitative estimate of drug-likeness (QED) is 0.330. The van der Waals surface area contributed by atoms with Gasteiger partial charge in [0.25, 0.3) is 0 Å². The van der Waals surface area contributed by atoms with Crippen molar-refractivity contribution in [2.24, 2.45) is 0 Å². The first-order valence-electron chi connectivity index (χ1n) is 9.33. The fourth-order valence-electron chi connectivity index (χ4n) is 3.31. The van der Waals surface area contributed by atoms with Crippen LogP contribution in [0, 0.1) is 0 Å². The Morgan fingerprint density at radius 2 is 1.09 bits per heavy atom. The molecule has 3 aromatic heterocycles. The number of fused-ring (bicyclic) bond motifs is 5. The van der Waals surface area contributed by atoms with E-state index in [-0.39, 0.29) is 0 Å². The van der Waals surface area contributed by atoms with Crippen molar-refractivity contribution in [3.05, 3.63) is 86.2 Å². The number of hydrogen-bond acceptors (Lipinski definition) is 9. The number of hydrogen-bond donors (Lipinski definition) is 0. The molecular weight excluding hydrogens is 432 g/mol. The van der Waals surface area contributed by atoms with Crippen LogP contribution in [-0.2, 0) is 9.84 Å². The molecule has 10 heteroatoms. The standard InChI is InChI=1S/C12H8O2S.C8H4N2O2.C2H2N2O/c13-15(14)11-7-3-1-5-9(11)10-6-2-4-8-12(10)15;1-5-8(12-3-9-5)2-6-7(1)11-4-10-6;1-3-4-2-5-1/h1-8H;1-4H;1-2H. The molecule has 0 aliphatic carbocycles. The van der Waals surface area contributed by atoms with Gasteiger partial charge in [0.1, 0.15) is 11.0 Å². The molecule has 1 aliphatic heterocycles. The molecule has 1 aliphatic rings. The predicted octanol–water partition coefficient (Wildman–Crippen LogP) is 4.54. The molecule has 0 N–H and O–H groups in total. The maximum atomic E-state index is 12.1. The van der Waals surface area contributed by atoms with Crippen molar-refractivity contribution < 1.29 is 21.7 Å². The van der Waals surface area contributed by atoms with Gasteiger partial charge in [-0.2, -0.15) is 0 Å². The van der Waals surface area contributed by atoms with E-state index in [1.165, 1.54) is 25.6 Å². The van der Waals surface area contributed by atoms with Crippen LogP contribution in [0.15, 0.2) is 109 Å². The van der Waals surface area contributed by atoms with E-state index < -0.39 is 9.84 Å². The van der Waals surface area contributed by atoms with Crippen molar-refractivity contribution in [2.45, 2.75) is 9.79 Å². The van der Waals surface area contributed by atoms with Gasteiger partial charge in [0.05, 0.1) is 9.79 Å². The average molecular weight is 446 g/mol. The lowest BCUT2D eigenvalue weighted by atomic mass is 10.1. The monoisotopic (exact) mass is 446 g/mol. The van der Waals surface area contributed by atoms with E-state index in [4.69, 9.17) is 8.83 Å². The molecule has 32 heavy (non-hydrogen) atoms. The maximum absolute atomic E-state index is 12.1. The first kappa shape index (κ1) is 19.6. The largest absolute Gasteiger partial charge is 0.443 e. The number of oxazole rings is 2. The molecule has 7 rings (SSSR count). The minimum Gasteiger partial charge on any atom is -0.443 e. The van der Waals surface area contributed by atoms with Crippen LogP contribution in [0.5, 0.6) is 0 Å². The Bertz CT molecular complexity index is 1440. The molecule has 3 aromatic carbocycles. The van der Waals surface area contributed by atoms with Crippen molar-refractivity contribution in [1.82, 2.24) is 20.2 Å². The summed E-state index contributed by atoms with van der Waals surface area (Å²) in [5.41, 5.74) is 4.67. The lowest BCUT2D eigenvalue weighted by molar-refractivity contribution is 0.553. The zero-order valence-corrected chi connectivity index (χ0v) is 17.1. The van der Waals surface area contributed by atoms with E-state index in [0.29, 0.717) is 9.79 Å². The molecule has 0 spiro atoms. The third kappa shape index (κ3) is 3.52. The highest BCUT2D eigenvalue weighted by Crippen LogP contribution is 2.42. The van der Waals surface area contributed by atoms with E-state index in [2.05, 4.69) is 24.6 Å².